The van der Waals surface area contributed by atoms with E-state index in [9.17, 15) is 14.7 Å². The summed E-state index contributed by atoms with van der Waals surface area (Å²) in [5.74, 6) is 1.48. The van der Waals surface area contributed by atoms with E-state index in [2.05, 4.69) is 18.8 Å². The van der Waals surface area contributed by atoms with Gasteiger partial charge in [-0.3, -0.25) is 9.36 Å². The van der Waals surface area contributed by atoms with E-state index in [-0.39, 0.29) is 10.4 Å². The number of methoxy groups -OCH3 is 1. The highest BCUT2D eigenvalue weighted by Crippen LogP contribution is 2.34. The van der Waals surface area contributed by atoms with Gasteiger partial charge in [0.15, 0.2) is 11.5 Å². The van der Waals surface area contributed by atoms with Crippen LogP contribution in [0.1, 0.15) is 53.3 Å². The molecule has 0 bridgehead atoms. The number of hydrogen-bond acceptors (Lipinski definition) is 6. The Labute approximate surface area is 189 Å². The Morgan fingerprint density at radius 2 is 2.12 bits per heavy atom. The van der Waals surface area contributed by atoms with Crippen molar-refractivity contribution in [3.8, 4) is 11.5 Å². The van der Waals surface area contributed by atoms with Gasteiger partial charge >= 0.3 is 5.97 Å². The van der Waals surface area contributed by atoms with E-state index in [0.29, 0.717) is 58.6 Å². The molecule has 2 aromatic heterocycles. The molecule has 0 amide bonds. The van der Waals surface area contributed by atoms with Gasteiger partial charge in [0.05, 0.1) is 19.1 Å². The molecule has 1 aliphatic rings. The van der Waals surface area contributed by atoms with E-state index in [1.807, 2.05) is 24.3 Å². The fourth-order valence-corrected chi connectivity index (χ4v) is 4.86. The molecule has 0 atom stereocenters. The molecule has 7 nitrogen and oxygen atoms in total. The van der Waals surface area contributed by atoms with Gasteiger partial charge in [0.1, 0.15) is 15.5 Å². The second kappa shape index (κ2) is 8.78. The lowest BCUT2D eigenvalue weighted by atomic mass is 10.1. The zero-order chi connectivity index (χ0) is 23.0. The van der Waals surface area contributed by atoms with Crippen LogP contribution in [0.5, 0.6) is 11.5 Å². The van der Waals surface area contributed by atoms with E-state index < -0.39 is 5.97 Å². The maximum atomic E-state index is 13.0. The van der Waals surface area contributed by atoms with Crippen molar-refractivity contribution in [1.82, 2.24) is 9.55 Å². The Bertz CT molecular complexity index is 1290. The van der Waals surface area contributed by atoms with Crippen LogP contribution in [0.4, 0.5) is 0 Å². The van der Waals surface area contributed by atoms with Gasteiger partial charge in [0, 0.05) is 6.54 Å². The molecule has 3 heterocycles. The first kappa shape index (κ1) is 22.1. The van der Waals surface area contributed by atoms with Crippen molar-refractivity contribution in [2.24, 2.45) is 5.92 Å². The maximum absolute atomic E-state index is 13.0. The van der Waals surface area contributed by atoms with E-state index in [4.69, 9.17) is 9.47 Å². The van der Waals surface area contributed by atoms with Crippen LogP contribution in [0, 0.1) is 12.8 Å². The van der Waals surface area contributed by atoms with Crippen LogP contribution in [0.15, 0.2) is 23.0 Å². The molecular weight excluding hydrogens is 428 g/mol. The van der Waals surface area contributed by atoms with Gasteiger partial charge in [-0.2, -0.15) is 0 Å². The number of fused-ring (bicyclic) bond motifs is 2. The Kier molecular flexibility index (Phi) is 6.06. The third kappa shape index (κ3) is 4.02. The van der Waals surface area contributed by atoms with Gasteiger partial charge in [-0.05, 0) is 60.6 Å². The predicted molar refractivity (Wildman–Crippen MR) is 126 cm³/mol. The first-order valence-corrected chi connectivity index (χ1v) is 11.4. The lowest BCUT2D eigenvalue weighted by molar-refractivity contribution is 0.0701. The molecular formula is C24H26N2O5S. The molecule has 8 heteroatoms. The molecule has 1 aliphatic heterocycles. The number of aromatic nitrogens is 2. The number of allylic oxidation sites excluding steroid dienone is 1. The smallest absolute Gasteiger partial charge is 0.346 e. The van der Waals surface area contributed by atoms with E-state index in [1.165, 1.54) is 0 Å². The van der Waals surface area contributed by atoms with Crippen molar-refractivity contribution in [2.75, 3.05) is 13.7 Å². The van der Waals surface area contributed by atoms with Gasteiger partial charge in [-0.15, -0.1) is 11.3 Å². The van der Waals surface area contributed by atoms with Crippen LogP contribution in [0.2, 0.25) is 0 Å². The summed E-state index contributed by atoms with van der Waals surface area (Å²) in [6.45, 7) is 7.13. The Hall–Kier alpha value is -3.13. The van der Waals surface area contributed by atoms with Crippen LogP contribution in [-0.4, -0.2) is 34.3 Å². The lowest BCUT2D eigenvalue weighted by Crippen LogP contribution is -2.20. The Balaban J connectivity index is 1.69. The lowest BCUT2D eigenvalue weighted by Gasteiger charge is -2.12. The zero-order valence-corrected chi connectivity index (χ0v) is 19.4. The average Bonchev–Trinajstić information content (AvgIpc) is 3.30. The predicted octanol–water partition coefficient (Wildman–Crippen LogP) is 4.84. The average molecular weight is 455 g/mol. The highest BCUT2D eigenvalue weighted by Gasteiger charge is 2.25. The monoisotopic (exact) mass is 454 g/mol. The number of ether oxygens (including phenoxy) is 2. The van der Waals surface area contributed by atoms with Gasteiger partial charge in [-0.25, -0.2) is 9.78 Å². The number of carbonyl (C=O) groups is 1. The van der Waals surface area contributed by atoms with E-state index in [0.717, 1.165) is 28.9 Å². The highest BCUT2D eigenvalue weighted by atomic mass is 32.1. The number of aryl methyl sites for hydroxylation is 1. The minimum absolute atomic E-state index is 0.164. The maximum Gasteiger partial charge on any atom is 0.346 e. The molecule has 1 N–H and O–H groups in total. The molecule has 0 fully saturated rings. The second-order valence-corrected chi connectivity index (χ2v) is 9.29. The van der Waals surface area contributed by atoms with Crippen LogP contribution < -0.4 is 15.0 Å². The summed E-state index contributed by atoms with van der Waals surface area (Å²) in [4.78, 5) is 29.8. The summed E-state index contributed by atoms with van der Waals surface area (Å²) in [5.41, 5.74) is 2.16. The minimum Gasteiger partial charge on any atom is -0.493 e. The molecule has 0 aliphatic carbocycles. The number of benzene rings is 1. The van der Waals surface area contributed by atoms with Crippen molar-refractivity contribution < 1.29 is 19.4 Å². The number of aromatic carboxylic acids is 1. The fraction of sp³-hybridized carbons (Fsp3) is 0.375. The van der Waals surface area contributed by atoms with Crippen LogP contribution >= 0.6 is 11.3 Å². The van der Waals surface area contributed by atoms with E-state index >= 15 is 0 Å². The SMILES string of the molecule is COc1cc(/C=C2\CCn3c2nc2sc(C(=O)O)c(C)c2c3=O)ccc1OCCC(C)C. The molecule has 1 aromatic carbocycles. The molecule has 0 spiro atoms. The molecule has 0 saturated heterocycles. The van der Waals surface area contributed by atoms with Crippen molar-refractivity contribution in [3.63, 3.8) is 0 Å². The van der Waals surface area contributed by atoms with Gasteiger partial charge in [-0.1, -0.05) is 19.9 Å². The summed E-state index contributed by atoms with van der Waals surface area (Å²) in [6, 6.07) is 5.76. The number of thiophene rings is 1. The molecule has 0 radical (unpaired) electrons. The first-order valence-electron chi connectivity index (χ1n) is 10.6. The summed E-state index contributed by atoms with van der Waals surface area (Å²) in [6.07, 6.45) is 3.64. The fourth-order valence-electron chi connectivity index (χ4n) is 3.85. The number of carboxylic acid groups (broad SMARTS) is 1. The standard InChI is InChI=1S/C24H26N2O5S/c1-13(2)8-10-31-17-6-5-15(12-18(17)30-4)11-16-7-9-26-21(16)25-22-19(23(26)27)14(3)20(32-22)24(28)29/h5-6,11-13H,7-10H2,1-4H3,(H,28,29)/b16-11+. The summed E-state index contributed by atoms with van der Waals surface area (Å²) in [7, 11) is 1.61. The topological polar surface area (TPSA) is 90.7 Å². The zero-order valence-electron chi connectivity index (χ0n) is 18.6. The van der Waals surface area contributed by atoms with Crippen molar-refractivity contribution >= 4 is 39.2 Å². The summed E-state index contributed by atoms with van der Waals surface area (Å²) < 4.78 is 13.0. The highest BCUT2D eigenvalue weighted by molar-refractivity contribution is 7.20. The van der Waals surface area contributed by atoms with Crippen molar-refractivity contribution in [2.45, 2.75) is 40.2 Å². The van der Waals surface area contributed by atoms with Gasteiger partial charge in [0.25, 0.3) is 5.56 Å². The molecule has 4 rings (SSSR count). The normalized spacial score (nSPS) is 14.3. The second-order valence-electron chi connectivity index (χ2n) is 8.29. The number of hydrogen-bond donors (Lipinski definition) is 1. The quantitative estimate of drug-likeness (QED) is 0.549. The van der Waals surface area contributed by atoms with Crippen LogP contribution in [0.3, 0.4) is 0 Å². The summed E-state index contributed by atoms with van der Waals surface area (Å²) in [5, 5.41) is 9.81. The molecule has 32 heavy (non-hydrogen) atoms. The largest absolute Gasteiger partial charge is 0.493 e. The molecule has 168 valence electrons. The number of rotatable bonds is 7. The van der Waals surface area contributed by atoms with Crippen molar-refractivity contribution in [1.29, 1.82) is 0 Å². The molecule has 0 unspecified atom stereocenters. The molecule has 0 saturated carbocycles. The third-order valence-electron chi connectivity index (χ3n) is 5.62. The minimum atomic E-state index is -1.03. The van der Waals surface area contributed by atoms with E-state index in [1.54, 1.807) is 18.6 Å². The Morgan fingerprint density at radius 3 is 2.81 bits per heavy atom. The Morgan fingerprint density at radius 1 is 1.34 bits per heavy atom. The van der Waals surface area contributed by atoms with Gasteiger partial charge < -0.3 is 14.6 Å². The van der Waals surface area contributed by atoms with Crippen molar-refractivity contribution in [3.05, 3.63) is 50.4 Å². The number of nitrogens with zero attached hydrogens (tertiary/aromatic N) is 2. The first-order chi connectivity index (χ1) is 15.3. The number of carboxylic acids is 1. The van der Waals surface area contributed by atoms with Gasteiger partial charge in [0.2, 0.25) is 0 Å². The molecule has 3 aromatic rings. The summed E-state index contributed by atoms with van der Waals surface area (Å²) >= 11 is 1.05. The third-order valence-corrected chi connectivity index (χ3v) is 6.79. The van der Waals surface area contributed by atoms with Crippen LogP contribution in [-0.2, 0) is 6.54 Å². The van der Waals surface area contributed by atoms with Crippen LogP contribution in [0.25, 0.3) is 21.9 Å².